The van der Waals surface area contributed by atoms with Crippen molar-refractivity contribution in [1.29, 1.82) is 0 Å². The summed E-state index contributed by atoms with van der Waals surface area (Å²) in [5.41, 5.74) is 0.719. The Morgan fingerprint density at radius 1 is 1.35 bits per heavy atom. The Hall–Kier alpha value is -0.840. The highest BCUT2D eigenvalue weighted by molar-refractivity contribution is 7.97. The van der Waals surface area contributed by atoms with Gasteiger partial charge < -0.3 is 10.2 Å². The van der Waals surface area contributed by atoms with Gasteiger partial charge in [-0.15, -0.1) is 0 Å². The maximum absolute atomic E-state index is 11.9. The molecule has 0 aliphatic carbocycles. The summed E-state index contributed by atoms with van der Waals surface area (Å²) in [6.07, 6.45) is -0.707. The largest absolute Gasteiger partial charge is 0.393 e. The van der Waals surface area contributed by atoms with Crippen LogP contribution in [-0.2, 0) is 10.9 Å². The Kier molecular flexibility index (Phi) is 6.26. The van der Waals surface area contributed by atoms with Crippen LogP contribution in [0.25, 0.3) is 0 Å². The van der Waals surface area contributed by atoms with Crippen LogP contribution in [0, 0.1) is 0 Å². The highest BCUT2D eigenvalue weighted by Crippen LogP contribution is 2.06. The van der Waals surface area contributed by atoms with Gasteiger partial charge in [0.15, 0.2) is 5.75 Å². The van der Waals surface area contributed by atoms with Gasteiger partial charge in [-0.3, -0.25) is 4.79 Å². The van der Waals surface area contributed by atoms with E-state index < -0.39 is 6.10 Å². The van der Waals surface area contributed by atoms with Crippen molar-refractivity contribution in [3.63, 3.8) is 0 Å². The number of aliphatic hydroxyl groups excluding tert-OH is 2. The van der Waals surface area contributed by atoms with Gasteiger partial charge in [-0.25, -0.2) is 0 Å². The predicted octanol–water partition coefficient (Wildman–Crippen LogP) is 0.861. The normalized spacial score (nSPS) is 14.3. The summed E-state index contributed by atoms with van der Waals surface area (Å²) >= 11 is 0. The first-order chi connectivity index (χ1) is 8.17. The maximum atomic E-state index is 11.9. The molecule has 1 aromatic carbocycles. The lowest BCUT2D eigenvalue weighted by Crippen LogP contribution is -2.30. The monoisotopic (exact) mass is 255 g/mol. The van der Waals surface area contributed by atoms with Crippen molar-refractivity contribution in [1.82, 2.24) is 0 Å². The molecule has 0 bridgehead atoms. The van der Waals surface area contributed by atoms with E-state index in [4.69, 9.17) is 5.11 Å². The molecule has 4 heteroatoms. The van der Waals surface area contributed by atoms with Gasteiger partial charge in [0, 0.05) is 5.56 Å². The van der Waals surface area contributed by atoms with Crippen LogP contribution in [0.3, 0.4) is 0 Å². The second-order valence-corrected chi connectivity index (χ2v) is 6.26. The third-order valence-electron chi connectivity index (χ3n) is 2.48. The molecule has 0 saturated heterocycles. The van der Waals surface area contributed by atoms with E-state index >= 15 is 0 Å². The van der Waals surface area contributed by atoms with E-state index in [2.05, 4.69) is 0 Å². The van der Waals surface area contributed by atoms with Gasteiger partial charge in [-0.05, 0) is 17.8 Å². The molecule has 2 N–H and O–H groups in total. The zero-order valence-corrected chi connectivity index (χ0v) is 10.8. The van der Waals surface area contributed by atoms with Crippen LogP contribution in [0.2, 0.25) is 0 Å². The van der Waals surface area contributed by atoms with Crippen LogP contribution in [0.15, 0.2) is 30.3 Å². The number of benzene rings is 1. The lowest BCUT2D eigenvalue weighted by atomic mass is 10.2. The molecule has 2 atom stereocenters. The molecule has 0 amide bonds. The first-order valence-electron chi connectivity index (χ1n) is 5.68. The highest BCUT2D eigenvalue weighted by Gasteiger charge is 2.24. The van der Waals surface area contributed by atoms with Gasteiger partial charge in [0.05, 0.1) is 6.61 Å². The molecule has 1 rings (SSSR count). The van der Waals surface area contributed by atoms with Crippen molar-refractivity contribution in [2.24, 2.45) is 0 Å². The van der Waals surface area contributed by atoms with E-state index in [-0.39, 0.29) is 23.3 Å². The highest BCUT2D eigenvalue weighted by atomic mass is 32.2. The fraction of sp³-hybridized carbons (Fsp3) is 0.462. The summed E-state index contributed by atoms with van der Waals surface area (Å²) in [7, 11) is -0.152. The van der Waals surface area contributed by atoms with Gasteiger partial charge in [0.25, 0.3) is 0 Å². The number of Topliss-reactive ketones (excluding diaryl/α,β-unsaturated/α-hetero) is 1. The van der Waals surface area contributed by atoms with Crippen LogP contribution >= 0.6 is 0 Å². The number of hydrogen-bond acceptors (Lipinski definition) is 3. The number of aliphatic hydroxyl groups is 2. The predicted molar refractivity (Wildman–Crippen MR) is 71.5 cm³/mol. The molecule has 1 aromatic rings. The van der Waals surface area contributed by atoms with Crippen molar-refractivity contribution < 1.29 is 15.0 Å². The molecular formula is C13H19O3S+. The van der Waals surface area contributed by atoms with Gasteiger partial charge in [-0.2, -0.15) is 0 Å². The van der Waals surface area contributed by atoms with Gasteiger partial charge in [0.2, 0.25) is 5.78 Å². The second-order valence-electron chi connectivity index (χ2n) is 3.84. The minimum absolute atomic E-state index is 0.112. The van der Waals surface area contributed by atoms with Crippen LogP contribution < -0.4 is 0 Å². The summed E-state index contributed by atoms with van der Waals surface area (Å²) in [5, 5.41) is 18.2. The number of hydrogen-bond donors (Lipinski definition) is 2. The van der Waals surface area contributed by atoms with Crippen LogP contribution in [-0.4, -0.2) is 46.0 Å². The third-order valence-corrected chi connectivity index (χ3v) is 4.82. The molecule has 0 aliphatic rings. The summed E-state index contributed by atoms with van der Waals surface area (Å²) in [5.74, 6) is 1.93. The Bertz CT molecular complexity index is 340. The first-order valence-corrected chi connectivity index (χ1v) is 7.41. The third kappa shape index (κ3) is 4.89. The zero-order chi connectivity index (χ0) is 12.7. The van der Waals surface area contributed by atoms with E-state index in [1.54, 1.807) is 0 Å². The topological polar surface area (TPSA) is 57.5 Å². The average Bonchev–Trinajstić information content (AvgIpc) is 2.38. The van der Waals surface area contributed by atoms with Crippen LogP contribution in [0.4, 0.5) is 0 Å². The molecule has 0 aromatic heterocycles. The fourth-order valence-corrected chi connectivity index (χ4v) is 3.24. The molecule has 0 spiro atoms. The molecule has 0 saturated carbocycles. The van der Waals surface area contributed by atoms with Gasteiger partial charge in [0.1, 0.15) is 17.6 Å². The van der Waals surface area contributed by atoms with E-state index in [1.165, 1.54) is 0 Å². The van der Waals surface area contributed by atoms with Crippen molar-refractivity contribution in [2.75, 3.05) is 23.9 Å². The summed E-state index contributed by atoms with van der Waals surface area (Å²) in [6, 6.07) is 9.19. The Morgan fingerprint density at radius 3 is 2.53 bits per heavy atom. The molecule has 17 heavy (non-hydrogen) atoms. The molecule has 0 fully saturated rings. The van der Waals surface area contributed by atoms with E-state index in [0.717, 1.165) is 11.3 Å². The molecule has 2 unspecified atom stereocenters. The van der Waals surface area contributed by atoms with E-state index in [1.807, 2.05) is 37.3 Å². The van der Waals surface area contributed by atoms with Crippen molar-refractivity contribution in [3.05, 3.63) is 35.9 Å². The Balaban J connectivity index is 2.54. The Labute approximate surface area is 105 Å². The molecule has 3 nitrogen and oxygen atoms in total. The summed E-state index contributed by atoms with van der Waals surface area (Å²) in [4.78, 5) is 11.9. The van der Waals surface area contributed by atoms with Crippen molar-refractivity contribution in [3.8, 4) is 0 Å². The molecular weight excluding hydrogens is 236 g/mol. The van der Waals surface area contributed by atoms with E-state index in [9.17, 15) is 9.90 Å². The van der Waals surface area contributed by atoms with E-state index in [0.29, 0.717) is 11.5 Å². The Morgan fingerprint density at radius 2 is 2.00 bits per heavy atom. The molecule has 94 valence electrons. The summed E-state index contributed by atoms with van der Waals surface area (Å²) in [6.45, 7) is 1.77. The van der Waals surface area contributed by atoms with Crippen LogP contribution in [0.1, 0.15) is 17.3 Å². The van der Waals surface area contributed by atoms with Crippen molar-refractivity contribution >= 4 is 16.7 Å². The smallest absolute Gasteiger partial charge is 0.211 e. The second kappa shape index (κ2) is 7.48. The SMILES string of the molecule is CC[S+](CC(=O)c1ccccc1)CC(O)CO. The molecule has 0 aliphatic heterocycles. The van der Waals surface area contributed by atoms with Crippen LogP contribution in [0.5, 0.6) is 0 Å². The molecule has 0 heterocycles. The van der Waals surface area contributed by atoms with Crippen molar-refractivity contribution in [2.45, 2.75) is 13.0 Å². The number of rotatable bonds is 7. The number of ketones is 1. The zero-order valence-electron chi connectivity index (χ0n) is 10.0. The standard InChI is InChI=1S/C13H19O3S/c1-2-17(9-12(15)8-14)10-13(16)11-6-4-3-5-7-11/h3-7,12,14-15H,2,8-10H2,1H3/q+1. The lowest BCUT2D eigenvalue weighted by Gasteiger charge is -2.09. The molecule has 0 radical (unpaired) electrons. The average molecular weight is 255 g/mol. The summed E-state index contributed by atoms with van der Waals surface area (Å²) < 4.78 is 0. The minimum Gasteiger partial charge on any atom is -0.393 e. The fourth-order valence-electron chi connectivity index (χ4n) is 1.50. The first kappa shape index (κ1) is 14.2. The minimum atomic E-state index is -0.707. The number of carbonyl (C=O) groups excluding carboxylic acids is 1. The maximum Gasteiger partial charge on any atom is 0.211 e. The lowest BCUT2D eigenvalue weighted by molar-refractivity contribution is 0.102. The quantitative estimate of drug-likeness (QED) is 0.561. The van der Waals surface area contributed by atoms with Gasteiger partial charge >= 0.3 is 0 Å². The number of carbonyl (C=O) groups is 1. The van der Waals surface area contributed by atoms with Gasteiger partial charge in [-0.1, -0.05) is 30.3 Å².